The molecule has 1 fully saturated rings. The molecule has 0 amide bonds. The molecular weight excluding hydrogens is 653 g/mol. The third kappa shape index (κ3) is 7.87. The molecule has 0 N–H and O–H groups in total. The van der Waals surface area contributed by atoms with Gasteiger partial charge in [-0.05, 0) is 58.4 Å². The van der Waals surface area contributed by atoms with Crippen LogP contribution in [0.15, 0.2) is 119 Å². The van der Waals surface area contributed by atoms with Crippen LogP contribution in [-0.4, -0.2) is 57.5 Å². The minimum absolute atomic E-state index is 0.0163. The molecule has 47 heavy (non-hydrogen) atoms. The average Bonchev–Trinajstić information content (AvgIpc) is 3.37. The zero-order valence-electron chi connectivity index (χ0n) is 27.1. The second kappa shape index (κ2) is 14.0. The molecule has 11 heteroatoms. The summed E-state index contributed by atoms with van der Waals surface area (Å²) in [5, 5.41) is 0. The molecule has 0 saturated carbocycles. The second-order valence-electron chi connectivity index (χ2n) is 12.7. The molecule has 0 aliphatic carbocycles. The van der Waals surface area contributed by atoms with E-state index in [0.29, 0.717) is 11.1 Å². The van der Waals surface area contributed by atoms with Crippen molar-refractivity contribution in [1.29, 1.82) is 0 Å². The molecule has 0 aromatic heterocycles. The lowest BCUT2D eigenvalue weighted by Gasteiger charge is -2.37. The first-order chi connectivity index (χ1) is 22.2. The molecule has 8 nitrogen and oxygen atoms in total. The minimum atomic E-state index is -4.29. The van der Waals surface area contributed by atoms with Crippen LogP contribution in [0.5, 0.6) is 0 Å². The maximum Gasteiger partial charge on any atom is 0.243 e. The first kappa shape index (κ1) is 35.0. The predicted octanol–water partition coefficient (Wildman–Crippen LogP) is 6.18. The molecule has 1 aliphatic heterocycles. The number of hydrogen-bond donors (Lipinski definition) is 0. The quantitative estimate of drug-likeness (QED) is 0.175. The first-order valence-electron chi connectivity index (χ1n) is 15.7. The molecule has 1 saturated heterocycles. The fourth-order valence-electron chi connectivity index (χ4n) is 5.97. The molecule has 1 heterocycles. The van der Waals surface area contributed by atoms with Crippen LogP contribution < -0.4 is 0 Å². The van der Waals surface area contributed by atoms with Crippen LogP contribution in [0.3, 0.4) is 0 Å². The van der Waals surface area contributed by atoms with Gasteiger partial charge in [0.05, 0.1) is 33.4 Å². The Labute approximate surface area is 280 Å². The predicted molar refractivity (Wildman–Crippen MR) is 186 cm³/mol. The van der Waals surface area contributed by atoms with Crippen molar-refractivity contribution in [2.24, 2.45) is 0 Å². The molecule has 0 spiro atoms. The van der Waals surface area contributed by atoms with Crippen LogP contribution in [0.25, 0.3) is 0 Å². The van der Waals surface area contributed by atoms with Crippen molar-refractivity contribution in [2.75, 3.05) is 11.5 Å². The summed E-state index contributed by atoms with van der Waals surface area (Å²) in [4.78, 5) is 0.0326. The largest absolute Gasteiger partial charge is 0.243 e. The van der Waals surface area contributed by atoms with Gasteiger partial charge >= 0.3 is 0 Å². The SMILES string of the molecule is CC(C)c1ccc(S(=O)(=O)N(Cc2ccccc2)[C@@H]2CS(=O)(=O)C[C@H]2N(Cc2ccccc2)S(=O)(=O)c2ccc(C(C)C)cc2)cc1. The van der Waals surface area contributed by atoms with Crippen LogP contribution in [0.1, 0.15) is 61.8 Å². The number of benzene rings is 4. The fraction of sp³-hybridized carbons (Fsp3) is 0.333. The number of rotatable bonds is 12. The monoisotopic (exact) mass is 694 g/mol. The number of sulfonamides is 2. The average molecular weight is 695 g/mol. The van der Waals surface area contributed by atoms with Crippen molar-refractivity contribution >= 4 is 29.9 Å². The van der Waals surface area contributed by atoms with E-state index in [0.717, 1.165) is 11.1 Å². The van der Waals surface area contributed by atoms with Crippen LogP contribution in [0, 0.1) is 0 Å². The number of nitrogens with zero attached hydrogens (tertiary/aromatic N) is 2. The lowest BCUT2D eigenvalue weighted by molar-refractivity contribution is 0.219. The summed E-state index contributed by atoms with van der Waals surface area (Å²) in [6.07, 6.45) is 0. The third-order valence-corrected chi connectivity index (χ3v) is 14.2. The third-order valence-electron chi connectivity index (χ3n) is 8.70. The zero-order chi connectivity index (χ0) is 34.0. The van der Waals surface area contributed by atoms with Crippen molar-refractivity contribution in [1.82, 2.24) is 8.61 Å². The normalized spacial score (nSPS) is 18.4. The Hall–Kier alpha value is -3.35. The van der Waals surface area contributed by atoms with E-state index >= 15 is 0 Å². The Morgan fingerprint density at radius 1 is 0.553 bits per heavy atom. The number of hydrogen-bond acceptors (Lipinski definition) is 6. The van der Waals surface area contributed by atoms with Gasteiger partial charge in [-0.1, -0.05) is 113 Å². The topological polar surface area (TPSA) is 109 Å². The minimum Gasteiger partial charge on any atom is -0.229 e. The van der Waals surface area contributed by atoms with Gasteiger partial charge in [-0.15, -0.1) is 0 Å². The van der Waals surface area contributed by atoms with Gasteiger partial charge in [-0.2, -0.15) is 8.61 Å². The molecule has 0 bridgehead atoms. The lowest BCUT2D eigenvalue weighted by atomic mass is 10.0. The van der Waals surface area contributed by atoms with Gasteiger partial charge in [0.1, 0.15) is 0 Å². The number of sulfone groups is 1. The molecule has 1 aliphatic rings. The smallest absolute Gasteiger partial charge is 0.229 e. The molecule has 0 radical (unpaired) electrons. The Morgan fingerprint density at radius 3 is 1.17 bits per heavy atom. The van der Waals surface area contributed by atoms with Crippen molar-refractivity contribution < 1.29 is 25.3 Å². The Morgan fingerprint density at radius 2 is 0.872 bits per heavy atom. The van der Waals surface area contributed by atoms with E-state index < -0.39 is 53.5 Å². The highest BCUT2D eigenvalue weighted by molar-refractivity contribution is 7.92. The molecule has 2 atom stereocenters. The van der Waals surface area contributed by atoms with Gasteiger partial charge in [0.25, 0.3) is 0 Å². The van der Waals surface area contributed by atoms with Crippen molar-refractivity contribution in [2.45, 2.75) is 74.5 Å². The van der Waals surface area contributed by atoms with Gasteiger partial charge in [0.15, 0.2) is 9.84 Å². The summed E-state index contributed by atoms with van der Waals surface area (Å²) in [6, 6.07) is 28.7. The van der Waals surface area contributed by atoms with Gasteiger partial charge in [0.2, 0.25) is 20.0 Å². The van der Waals surface area contributed by atoms with Crippen molar-refractivity contribution in [3.05, 3.63) is 131 Å². The van der Waals surface area contributed by atoms with Crippen LogP contribution >= 0.6 is 0 Å². The van der Waals surface area contributed by atoms with Crippen molar-refractivity contribution in [3.8, 4) is 0 Å². The van der Waals surface area contributed by atoms with Crippen LogP contribution in [0.4, 0.5) is 0 Å². The van der Waals surface area contributed by atoms with Crippen LogP contribution in [0.2, 0.25) is 0 Å². The van der Waals surface area contributed by atoms with E-state index in [4.69, 9.17) is 0 Å². The summed E-state index contributed by atoms with van der Waals surface area (Å²) in [6.45, 7) is 7.78. The van der Waals surface area contributed by atoms with E-state index in [-0.39, 0.29) is 34.7 Å². The van der Waals surface area contributed by atoms with E-state index in [1.165, 1.54) is 32.9 Å². The highest BCUT2D eigenvalue weighted by Crippen LogP contribution is 2.34. The van der Waals surface area contributed by atoms with Gasteiger partial charge in [-0.25, -0.2) is 25.3 Å². The molecule has 4 aromatic carbocycles. The van der Waals surface area contributed by atoms with E-state index in [9.17, 15) is 25.3 Å². The van der Waals surface area contributed by atoms with Crippen LogP contribution in [-0.2, 0) is 43.0 Å². The van der Waals surface area contributed by atoms with Gasteiger partial charge in [0, 0.05) is 13.1 Å². The van der Waals surface area contributed by atoms with E-state index in [1.54, 1.807) is 72.8 Å². The summed E-state index contributed by atoms with van der Waals surface area (Å²) < 4.78 is 87.5. The Kier molecular flexibility index (Phi) is 10.4. The van der Waals surface area contributed by atoms with Crippen molar-refractivity contribution in [3.63, 3.8) is 0 Å². The zero-order valence-corrected chi connectivity index (χ0v) is 29.5. The molecule has 0 unspecified atom stereocenters. The Balaban J connectivity index is 1.66. The fourth-order valence-corrected chi connectivity index (χ4v) is 11.4. The highest BCUT2D eigenvalue weighted by atomic mass is 32.2. The highest BCUT2D eigenvalue weighted by Gasteiger charge is 2.50. The van der Waals surface area contributed by atoms with Gasteiger partial charge in [-0.3, -0.25) is 0 Å². The summed E-state index contributed by atoms with van der Waals surface area (Å²) in [5.41, 5.74) is 3.23. The molecular formula is C36H42N2O6S3. The maximum absolute atomic E-state index is 14.5. The summed E-state index contributed by atoms with van der Waals surface area (Å²) in [5.74, 6) is -0.660. The molecule has 250 valence electrons. The molecule has 4 aromatic rings. The Bertz CT molecular complexity index is 1840. The standard InChI is InChI=1S/C36H42N2O6S3/c1-27(2)31-15-19-33(20-16-31)46(41,42)37(23-29-11-7-5-8-12-29)35-25-45(39,40)26-36(35)38(24-30-13-9-6-10-14-30)47(43,44)34-21-17-32(18-22-34)28(3)4/h5-22,27-28,35-36H,23-26H2,1-4H3/t35-,36-/m1/s1. The first-order valence-corrected chi connectivity index (χ1v) is 20.4. The van der Waals surface area contributed by atoms with Gasteiger partial charge < -0.3 is 0 Å². The summed E-state index contributed by atoms with van der Waals surface area (Å²) in [7, 11) is -12.4. The lowest BCUT2D eigenvalue weighted by Crippen LogP contribution is -2.54. The maximum atomic E-state index is 14.5. The van der Waals surface area contributed by atoms with E-state index in [1.807, 2.05) is 39.8 Å². The molecule has 5 rings (SSSR count). The summed E-state index contributed by atoms with van der Waals surface area (Å²) >= 11 is 0. The second-order valence-corrected chi connectivity index (χ2v) is 18.7. The van der Waals surface area contributed by atoms with E-state index in [2.05, 4.69) is 0 Å².